The number of likely N-dealkylation sites (tertiary alicyclic amines) is 1. The Morgan fingerprint density at radius 1 is 1.26 bits per heavy atom. The fourth-order valence-corrected chi connectivity index (χ4v) is 4.28. The number of hydrogen-bond acceptors (Lipinski definition) is 5. The molecule has 1 unspecified atom stereocenters. The number of rotatable bonds is 5. The Labute approximate surface area is 171 Å². The zero-order valence-electron chi connectivity index (χ0n) is 15.9. The minimum Gasteiger partial charge on any atom is -0.486 e. The molecule has 1 atom stereocenters. The number of nitrogen functional groups attached to an aromatic ring is 1. The van der Waals surface area contributed by atoms with Gasteiger partial charge in [0.1, 0.15) is 13.2 Å². The van der Waals surface area contributed by atoms with E-state index in [1.165, 1.54) is 0 Å². The minimum absolute atomic E-state index is 0. The third-order valence-corrected chi connectivity index (χ3v) is 5.51. The summed E-state index contributed by atoms with van der Waals surface area (Å²) in [5, 5.41) is 0.368. The number of nitrogens with two attached hydrogens (primary N) is 2. The second kappa shape index (κ2) is 9.22. The van der Waals surface area contributed by atoms with Gasteiger partial charge in [-0.05, 0) is 43.8 Å². The van der Waals surface area contributed by atoms with Crippen LogP contribution in [0.1, 0.15) is 38.2 Å². The first kappa shape index (κ1) is 21.9. The van der Waals surface area contributed by atoms with Crippen molar-refractivity contribution in [3.8, 4) is 11.5 Å². The Morgan fingerprint density at radius 2 is 1.85 bits per heavy atom. The molecule has 6 nitrogen and oxygen atoms in total. The molecule has 0 aromatic heterocycles. The topological polar surface area (TPSA) is 90.8 Å². The van der Waals surface area contributed by atoms with E-state index in [1.807, 2.05) is 0 Å². The van der Waals surface area contributed by atoms with Crippen molar-refractivity contribution >= 4 is 35.6 Å². The van der Waals surface area contributed by atoms with E-state index in [-0.39, 0.29) is 24.2 Å². The molecule has 4 N–H and O–H groups in total. The van der Waals surface area contributed by atoms with Crippen LogP contribution in [0.2, 0.25) is 5.02 Å². The van der Waals surface area contributed by atoms with E-state index in [4.69, 9.17) is 32.5 Å². The third kappa shape index (κ3) is 4.73. The summed E-state index contributed by atoms with van der Waals surface area (Å²) >= 11 is 6.30. The van der Waals surface area contributed by atoms with Crippen molar-refractivity contribution in [1.82, 2.24) is 4.90 Å². The van der Waals surface area contributed by atoms with Gasteiger partial charge in [0.2, 0.25) is 5.91 Å². The van der Waals surface area contributed by atoms with Crippen LogP contribution in [0, 0.1) is 11.8 Å². The van der Waals surface area contributed by atoms with Crippen LogP contribution in [-0.2, 0) is 4.79 Å². The lowest BCUT2D eigenvalue weighted by atomic mass is 9.79. The molecular formula is C19H29Cl2N3O3. The second-order valence-electron chi connectivity index (χ2n) is 7.63. The van der Waals surface area contributed by atoms with Crippen LogP contribution in [0.15, 0.2) is 6.07 Å². The predicted molar refractivity (Wildman–Crippen MR) is 110 cm³/mol. The van der Waals surface area contributed by atoms with Crippen molar-refractivity contribution in [3.05, 3.63) is 16.7 Å². The van der Waals surface area contributed by atoms with Crippen molar-refractivity contribution in [2.24, 2.45) is 17.6 Å². The third-order valence-electron chi connectivity index (χ3n) is 5.20. The number of amides is 1. The minimum atomic E-state index is -0.454. The van der Waals surface area contributed by atoms with Gasteiger partial charge in [-0.25, -0.2) is 0 Å². The first-order chi connectivity index (χ1) is 12.4. The van der Waals surface area contributed by atoms with Crippen LogP contribution < -0.4 is 20.9 Å². The van der Waals surface area contributed by atoms with E-state index in [0.717, 1.165) is 32.5 Å². The number of anilines is 1. The molecule has 152 valence electrons. The monoisotopic (exact) mass is 417 g/mol. The predicted octanol–water partition coefficient (Wildman–Crippen LogP) is 3.05. The number of fused-ring (bicyclic) bond motifs is 1. The average molecular weight is 418 g/mol. The smallest absolute Gasteiger partial charge is 0.225 e. The van der Waals surface area contributed by atoms with Gasteiger partial charge in [0.15, 0.2) is 11.5 Å². The highest BCUT2D eigenvalue weighted by Gasteiger charge is 2.36. The zero-order chi connectivity index (χ0) is 18.8. The maximum absolute atomic E-state index is 12.4. The number of carbonyl (C=O) groups is 1. The molecule has 1 aromatic carbocycles. The van der Waals surface area contributed by atoms with Gasteiger partial charge in [-0.1, -0.05) is 25.4 Å². The van der Waals surface area contributed by atoms with E-state index < -0.39 is 5.92 Å². The van der Waals surface area contributed by atoms with Crippen molar-refractivity contribution in [3.63, 3.8) is 0 Å². The molecule has 0 aliphatic carbocycles. The fraction of sp³-hybridized carbons (Fsp3) is 0.632. The summed E-state index contributed by atoms with van der Waals surface area (Å²) in [5.41, 5.74) is 12.9. The van der Waals surface area contributed by atoms with Gasteiger partial charge < -0.3 is 25.8 Å². The zero-order valence-corrected chi connectivity index (χ0v) is 17.4. The summed E-state index contributed by atoms with van der Waals surface area (Å²) in [7, 11) is 0. The maximum atomic E-state index is 12.4. The summed E-state index contributed by atoms with van der Waals surface area (Å²) < 4.78 is 11.5. The SMILES string of the molecule is CC(C)CN1CCC(C(C(N)=O)c2cc(Cl)c(N)c3c2OCCO3)CC1.Cl. The van der Waals surface area contributed by atoms with Crippen LogP contribution in [0.4, 0.5) is 5.69 Å². The number of nitrogens with zero attached hydrogens (tertiary/aromatic N) is 1. The van der Waals surface area contributed by atoms with Crippen LogP contribution in [0.3, 0.4) is 0 Å². The van der Waals surface area contributed by atoms with E-state index >= 15 is 0 Å². The average Bonchev–Trinajstić information content (AvgIpc) is 2.60. The molecule has 0 bridgehead atoms. The van der Waals surface area contributed by atoms with Gasteiger partial charge in [-0.2, -0.15) is 0 Å². The summed E-state index contributed by atoms with van der Waals surface area (Å²) in [6.07, 6.45) is 1.83. The fourth-order valence-electron chi connectivity index (χ4n) is 4.08. The first-order valence-electron chi connectivity index (χ1n) is 9.27. The van der Waals surface area contributed by atoms with Crippen molar-refractivity contribution in [1.29, 1.82) is 0 Å². The van der Waals surface area contributed by atoms with Crippen LogP contribution >= 0.6 is 24.0 Å². The Balaban J connectivity index is 0.00000261. The molecule has 2 aliphatic rings. The lowest BCUT2D eigenvalue weighted by Crippen LogP contribution is -2.40. The van der Waals surface area contributed by atoms with Gasteiger partial charge in [0.25, 0.3) is 0 Å². The molecule has 3 rings (SSSR count). The molecule has 0 spiro atoms. The number of benzene rings is 1. The first-order valence-corrected chi connectivity index (χ1v) is 9.65. The Morgan fingerprint density at radius 3 is 2.41 bits per heavy atom. The number of halogens is 2. The maximum Gasteiger partial charge on any atom is 0.225 e. The molecule has 2 aliphatic heterocycles. The second-order valence-corrected chi connectivity index (χ2v) is 8.04. The van der Waals surface area contributed by atoms with Gasteiger partial charge >= 0.3 is 0 Å². The summed E-state index contributed by atoms with van der Waals surface area (Å²) in [5.74, 6) is 0.931. The number of hydrogen-bond donors (Lipinski definition) is 2. The standard InChI is InChI=1S/C19H28ClN3O3.ClH/c1-11(2)10-23-5-3-12(4-6-23)15(19(22)24)13-9-14(20)16(21)18-17(13)25-7-8-26-18;/h9,11-12,15H,3-8,10,21H2,1-2H3,(H2,22,24);1H. The highest BCUT2D eigenvalue weighted by Crippen LogP contribution is 2.48. The molecule has 8 heteroatoms. The molecule has 0 radical (unpaired) electrons. The highest BCUT2D eigenvalue weighted by atomic mass is 35.5. The van der Waals surface area contributed by atoms with E-state index in [2.05, 4.69) is 18.7 Å². The Kier molecular flexibility index (Phi) is 7.48. The summed E-state index contributed by atoms with van der Waals surface area (Å²) in [4.78, 5) is 14.8. The van der Waals surface area contributed by atoms with Gasteiger partial charge in [0.05, 0.1) is 16.6 Å². The molecule has 1 saturated heterocycles. The van der Waals surface area contributed by atoms with Crippen molar-refractivity contribution < 1.29 is 14.3 Å². The molecule has 1 amide bonds. The molecule has 0 saturated carbocycles. The summed E-state index contributed by atoms with van der Waals surface area (Å²) in [6, 6.07) is 1.72. The molecule has 27 heavy (non-hydrogen) atoms. The van der Waals surface area contributed by atoms with Crippen LogP contribution in [0.5, 0.6) is 11.5 Å². The normalized spacial score (nSPS) is 18.8. The van der Waals surface area contributed by atoms with E-state index in [0.29, 0.717) is 46.9 Å². The number of primary amides is 1. The highest BCUT2D eigenvalue weighted by molar-refractivity contribution is 6.33. The van der Waals surface area contributed by atoms with Crippen molar-refractivity contribution in [2.45, 2.75) is 32.6 Å². The molecule has 1 aromatic rings. The van der Waals surface area contributed by atoms with Gasteiger partial charge in [0, 0.05) is 12.1 Å². The van der Waals surface area contributed by atoms with E-state index in [9.17, 15) is 4.79 Å². The quantitative estimate of drug-likeness (QED) is 0.718. The lowest BCUT2D eigenvalue weighted by molar-refractivity contribution is -0.121. The van der Waals surface area contributed by atoms with Gasteiger partial charge in [-0.3, -0.25) is 4.79 Å². The number of ether oxygens (including phenoxy) is 2. The Bertz CT molecular complexity index is 677. The Hall–Kier alpha value is -1.37. The molecule has 2 heterocycles. The largest absolute Gasteiger partial charge is 0.486 e. The number of piperidine rings is 1. The van der Waals surface area contributed by atoms with Crippen LogP contribution in [-0.4, -0.2) is 43.7 Å². The van der Waals surface area contributed by atoms with Gasteiger partial charge in [-0.15, -0.1) is 12.4 Å². The van der Waals surface area contributed by atoms with E-state index in [1.54, 1.807) is 6.07 Å². The number of carbonyl (C=O) groups excluding carboxylic acids is 1. The van der Waals surface area contributed by atoms with Crippen LogP contribution in [0.25, 0.3) is 0 Å². The van der Waals surface area contributed by atoms with Crippen molar-refractivity contribution in [2.75, 3.05) is 38.6 Å². The lowest BCUT2D eigenvalue weighted by Gasteiger charge is -2.36. The molecular weight excluding hydrogens is 389 g/mol. The molecule has 1 fully saturated rings. The summed E-state index contributed by atoms with van der Waals surface area (Å²) in [6.45, 7) is 8.28.